The zero-order valence-corrected chi connectivity index (χ0v) is 31.7. The van der Waals surface area contributed by atoms with E-state index in [0.717, 1.165) is 49.9 Å². The summed E-state index contributed by atoms with van der Waals surface area (Å²) in [4.78, 5) is 4.71. The largest absolute Gasteiger partial charge is 0.389 e. The Morgan fingerprint density at radius 2 is 0.944 bits per heavy atom. The third kappa shape index (κ3) is 7.17. The van der Waals surface area contributed by atoms with Gasteiger partial charge in [-0.25, -0.2) is 13.1 Å². The number of nitrogens with zero attached hydrogens (tertiary/aromatic N) is 2. The molecular formula is C44H47ClN4O4S. The summed E-state index contributed by atoms with van der Waals surface area (Å²) in [5.41, 5.74) is 15.9. The second-order valence-electron chi connectivity index (χ2n) is 14.9. The number of aliphatic hydroxyl groups is 2. The quantitative estimate of drug-likeness (QED) is 0.149. The molecule has 6 atom stereocenters. The third-order valence-electron chi connectivity index (χ3n) is 11.6. The minimum atomic E-state index is -3.76. The van der Waals surface area contributed by atoms with Gasteiger partial charge in [-0.05, 0) is 122 Å². The fraction of sp³-hybridized carbons (Fsp3) is 0.318. The van der Waals surface area contributed by atoms with E-state index in [1.165, 1.54) is 45.8 Å². The predicted octanol–water partition coefficient (Wildman–Crippen LogP) is 7.22. The van der Waals surface area contributed by atoms with Crippen LogP contribution in [0.3, 0.4) is 0 Å². The van der Waals surface area contributed by atoms with Crippen LogP contribution in [0.5, 0.6) is 0 Å². The van der Waals surface area contributed by atoms with Crippen molar-refractivity contribution in [2.75, 3.05) is 9.80 Å². The molecule has 0 bridgehead atoms. The molecule has 0 saturated heterocycles. The molecule has 8 nitrogen and oxygen atoms in total. The van der Waals surface area contributed by atoms with Gasteiger partial charge in [0.05, 0.1) is 35.2 Å². The Balaban J connectivity index is 0.000000164. The number of anilines is 4. The third-order valence-corrected chi connectivity index (χ3v) is 13.4. The summed E-state index contributed by atoms with van der Waals surface area (Å²) in [7, 11) is -3.76. The molecule has 9 rings (SSSR count). The highest BCUT2D eigenvalue weighted by Gasteiger charge is 2.42. The number of sulfonamides is 1. The number of nitrogens with one attached hydrogen (secondary N) is 1. The van der Waals surface area contributed by atoms with Gasteiger partial charge >= 0.3 is 0 Å². The maximum absolute atomic E-state index is 12.9. The van der Waals surface area contributed by atoms with Crippen molar-refractivity contribution in [3.05, 3.63) is 149 Å². The molecule has 10 heteroatoms. The van der Waals surface area contributed by atoms with Crippen LogP contribution >= 0.6 is 11.6 Å². The van der Waals surface area contributed by atoms with Gasteiger partial charge in [-0.15, -0.1) is 0 Å². The number of hydrogen-bond acceptors (Lipinski definition) is 7. The van der Waals surface area contributed by atoms with Crippen LogP contribution in [0.25, 0.3) is 0 Å². The first kappa shape index (κ1) is 36.7. The molecule has 0 radical (unpaired) electrons. The molecule has 2 aliphatic carbocycles. The lowest BCUT2D eigenvalue weighted by molar-refractivity contribution is 0.142. The van der Waals surface area contributed by atoms with Crippen molar-refractivity contribution in [2.45, 2.75) is 92.6 Å². The van der Waals surface area contributed by atoms with Crippen molar-refractivity contribution in [2.24, 2.45) is 5.73 Å². The molecule has 0 aromatic heterocycles. The lowest BCUT2D eigenvalue weighted by Crippen LogP contribution is -2.47. The molecule has 0 spiro atoms. The number of benzene rings is 5. The van der Waals surface area contributed by atoms with E-state index in [9.17, 15) is 18.6 Å². The van der Waals surface area contributed by atoms with Gasteiger partial charge in [0.1, 0.15) is 0 Å². The van der Waals surface area contributed by atoms with E-state index in [1.54, 1.807) is 12.1 Å². The van der Waals surface area contributed by atoms with Crippen molar-refractivity contribution in [1.29, 1.82) is 0 Å². The van der Waals surface area contributed by atoms with E-state index < -0.39 is 28.3 Å². The number of fused-ring (bicyclic) bond motifs is 4. The Hall–Kier alpha value is -4.22. The van der Waals surface area contributed by atoms with Crippen LogP contribution in [0.2, 0.25) is 5.02 Å². The Bertz CT molecular complexity index is 2120. The zero-order valence-electron chi connectivity index (χ0n) is 30.1. The molecule has 0 unspecified atom stereocenters. The van der Waals surface area contributed by atoms with Crippen LogP contribution in [0, 0.1) is 0 Å². The van der Waals surface area contributed by atoms with Crippen LogP contribution in [0.1, 0.15) is 47.9 Å². The van der Waals surface area contributed by atoms with Crippen molar-refractivity contribution >= 4 is 44.4 Å². The highest BCUT2D eigenvalue weighted by molar-refractivity contribution is 7.89. The maximum Gasteiger partial charge on any atom is 0.240 e. The van der Waals surface area contributed by atoms with Crippen LogP contribution in [0.15, 0.2) is 126 Å². The smallest absolute Gasteiger partial charge is 0.240 e. The summed E-state index contributed by atoms with van der Waals surface area (Å²) >= 11 is 5.90. The second-order valence-corrected chi connectivity index (χ2v) is 17.0. The molecule has 4 aliphatic rings. The minimum Gasteiger partial charge on any atom is -0.389 e. The van der Waals surface area contributed by atoms with Gasteiger partial charge in [0.2, 0.25) is 10.0 Å². The van der Waals surface area contributed by atoms with Gasteiger partial charge in [-0.2, -0.15) is 0 Å². The van der Waals surface area contributed by atoms with Crippen LogP contribution in [-0.4, -0.2) is 55.0 Å². The number of para-hydroxylation sites is 4. The van der Waals surface area contributed by atoms with E-state index in [4.69, 9.17) is 17.3 Å². The Morgan fingerprint density at radius 1 is 0.556 bits per heavy atom. The van der Waals surface area contributed by atoms with E-state index in [-0.39, 0.29) is 23.0 Å². The van der Waals surface area contributed by atoms with Crippen molar-refractivity contribution < 1.29 is 18.6 Å². The molecule has 280 valence electrons. The number of halogens is 1. The van der Waals surface area contributed by atoms with Crippen LogP contribution in [0.4, 0.5) is 22.7 Å². The summed E-state index contributed by atoms with van der Waals surface area (Å²) in [6.45, 7) is 0. The molecule has 2 aliphatic heterocycles. The average molecular weight is 763 g/mol. The summed E-state index contributed by atoms with van der Waals surface area (Å²) in [5, 5.41) is 22.4. The van der Waals surface area contributed by atoms with Gasteiger partial charge in [-0.1, -0.05) is 84.4 Å². The summed E-state index contributed by atoms with van der Waals surface area (Å²) in [6.07, 6.45) is 5.67. The average Bonchev–Trinajstić information content (AvgIpc) is 3.57. The first-order chi connectivity index (χ1) is 26.2. The fourth-order valence-electron chi connectivity index (χ4n) is 8.87. The van der Waals surface area contributed by atoms with Gasteiger partial charge < -0.3 is 25.7 Å². The minimum absolute atomic E-state index is 0.0652. The highest BCUT2D eigenvalue weighted by atomic mass is 35.5. The maximum atomic E-state index is 12.9. The lowest BCUT2D eigenvalue weighted by Gasteiger charge is -2.35. The van der Waals surface area contributed by atoms with Gasteiger partial charge in [0.25, 0.3) is 0 Å². The van der Waals surface area contributed by atoms with E-state index in [2.05, 4.69) is 87.3 Å². The molecule has 0 amide bonds. The number of aryl methyl sites for hydroxylation is 4. The first-order valence-corrected chi connectivity index (χ1v) is 20.9. The van der Waals surface area contributed by atoms with Gasteiger partial charge in [0.15, 0.2) is 0 Å². The number of nitrogens with two attached hydrogens (primary N) is 1. The van der Waals surface area contributed by atoms with Crippen LogP contribution in [-0.2, 0) is 35.7 Å². The molecule has 5 N–H and O–H groups in total. The summed E-state index contributed by atoms with van der Waals surface area (Å²) < 4.78 is 28.5. The van der Waals surface area contributed by atoms with Crippen molar-refractivity contribution in [3.63, 3.8) is 0 Å². The summed E-state index contributed by atoms with van der Waals surface area (Å²) in [5.74, 6) is 0. The molecule has 2 heterocycles. The number of rotatable bonds is 5. The molecule has 2 fully saturated rings. The van der Waals surface area contributed by atoms with Gasteiger partial charge in [-0.3, -0.25) is 0 Å². The SMILES string of the molecule is N[C@H]1CC[C@@H](N2c3ccccc3CCc3ccccc32)[C@@H]1O.O=S(=O)(N[C@H]1CC[C@@H](N2c3ccccc3CCc3ccccc32)[C@@H]1O)c1ccc(Cl)cc1. The fourth-order valence-corrected chi connectivity index (χ4v) is 10.3. The Morgan fingerprint density at radius 3 is 1.35 bits per heavy atom. The van der Waals surface area contributed by atoms with E-state index in [0.29, 0.717) is 17.9 Å². The molecular weight excluding hydrogens is 716 g/mol. The normalized spacial score (nSPS) is 24.6. The first-order valence-electron chi connectivity index (χ1n) is 19.0. The van der Waals surface area contributed by atoms with E-state index >= 15 is 0 Å². The second kappa shape index (κ2) is 15.5. The van der Waals surface area contributed by atoms with Crippen LogP contribution < -0.4 is 20.3 Å². The standard InChI is InChI=1S/C25H25ClN2O3S.C19H22N2O/c26-19-11-13-20(14-12-19)32(30,31)27-21-15-16-24(25(21)29)28-22-7-3-1-5-17(22)9-10-18-6-2-4-8-23(18)28;20-15-11-12-18(19(15)22)21-16-7-3-1-5-13(16)9-10-14-6-2-4-8-17(14)21/h1-8,11-14,21,24-25,27,29H,9-10,15-16H2;1-8,15,18-19,22H,9-12,20H2/t21-,24+,25+;15-,18+,19+/m00/s1. The van der Waals surface area contributed by atoms with Gasteiger partial charge in [0, 0.05) is 33.8 Å². The Labute approximate surface area is 323 Å². The molecule has 5 aromatic rings. The Kier molecular flexibility index (Phi) is 10.5. The number of hydrogen-bond donors (Lipinski definition) is 4. The molecule has 2 saturated carbocycles. The summed E-state index contributed by atoms with van der Waals surface area (Å²) in [6, 6.07) is 38.9. The highest BCUT2D eigenvalue weighted by Crippen LogP contribution is 2.43. The van der Waals surface area contributed by atoms with Crippen molar-refractivity contribution in [1.82, 2.24) is 4.72 Å². The number of aliphatic hydroxyl groups excluding tert-OH is 2. The molecule has 54 heavy (non-hydrogen) atoms. The van der Waals surface area contributed by atoms with E-state index in [1.807, 2.05) is 24.3 Å². The lowest BCUT2D eigenvalue weighted by atomic mass is 10.0. The zero-order chi connectivity index (χ0) is 37.4. The topological polar surface area (TPSA) is 119 Å². The monoisotopic (exact) mass is 762 g/mol. The molecule has 5 aromatic carbocycles. The predicted molar refractivity (Wildman–Crippen MR) is 216 cm³/mol. The van der Waals surface area contributed by atoms with Crippen molar-refractivity contribution in [3.8, 4) is 0 Å².